The van der Waals surface area contributed by atoms with Crippen LogP contribution in [0.25, 0.3) is 11.5 Å². The van der Waals surface area contributed by atoms with E-state index in [0.717, 1.165) is 5.56 Å². The maximum atomic E-state index is 13.2. The summed E-state index contributed by atoms with van der Waals surface area (Å²) in [7, 11) is 0. The van der Waals surface area contributed by atoms with Crippen LogP contribution in [0.2, 0.25) is 0 Å². The molecule has 0 atom stereocenters. The molecule has 3 rings (SSSR count). The molecule has 0 N–H and O–H groups in total. The highest BCUT2D eigenvalue weighted by Gasteiger charge is 2.11. The molecule has 122 valence electrons. The zero-order valence-electron chi connectivity index (χ0n) is 13.2. The van der Waals surface area contributed by atoms with E-state index in [1.807, 2.05) is 6.92 Å². The Kier molecular flexibility index (Phi) is 4.37. The van der Waals surface area contributed by atoms with E-state index in [1.165, 1.54) is 19.1 Å². The van der Waals surface area contributed by atoms with Crippen LogP contribution in [-0.2, 0) is 6.61 Å². The van der Waals surface area contributed by atoms with Gasteiger partial charge in [-0.2, -0.15) is 0 Å². The zero-order valence-corrected chi connectivity index (χ0v) is 13.2. The summed E-state index contributed by atoms with van der Waals surface area (Å²) in [5, 5.41) is 7.79. The minimum Gasteiger partial charge on any atom is -0.484 e. The minimum absolute atomic E-state index is 0.00119. The molecule has 1 heterocycles. The normalized spacial score (nSPS) is 10.6. The van der Waals surface area contributed by atoms with Crippen LogP contribution in [0.4, 0.5) is 4.39 Å². The molecule has 1 aromatic heterocycles. The van der Waals surface area contributed by atoms with E-state index in [9.17, 15) is 9.18 Å². The topological polar surface area (TPSA) is 65.2 Å². The molecule has 0 aliphatic heterocycles. The number of hydrogen-bond donors (Lipinski definition) is 0. The number of Topliss-reactive ketones (excluding diaryl/α,β-unsaturated/α-hetero) is 1. The van der Waals surface area contributed by atoms with Gasteiger partial charge in [0.05, 0.1) is 0 Å². The summed E-state index contributed by atoms with van der Waals surface area (Å²) in [5.74, 6) is 0.775. The molecule has 6 heteroatoms. The molecule has 0 spiro atoms. The number of rotatable bonds is 5. The van der Waals surface area contributed by atoms with Gasteiger partial charge in [0.25, 0.3) is 5.89 Å². The lowest BCUT2D eigenvalue weighted by Crippen LogP contribution is -1.99. The number of ketones is 1. The number of carbonyl (C=O) groups is 1. The lowest BCUT2D eigenvalue weighted by molar-refractivity contribution is 0.101. The minimum atomic E-state index is -0.371. The highest BCUT2D eigenvalue weighted by Crippen LogP contribution is 2.22. The zero-order chi connectivity index (χ0) is 17.1. The van der Waals surface area contributed by atoms with Gasteiger partial charge in [-0.15, -0.1) is 10.2 Å². The van der Waals surface area contributed by atoms with Gasteiger partial charge < -0.3 is 9.15 Å². The first kappa shape index (κ1) is 15.9. The van der Waals surface area contributed by atoms with Crippen LogP contribution >= 0.6 is 0 Å². The van der Waals surface area contributed by atoms with Gasteiger partial charge in [-0.3, -0.25) is 4.79 Å². The van der Waals surface area contributed by atoms with Gasteiger partial charge in [0.1, 0.15) is 11.6 Å². The summed E-state index contributed by atoms with van der Waals surface area (Å²) in [4.78, 5) is 11.3. The summed E-state index contributed by atoms with van der Waals surface area (Å²) in [6, 6.07) is 11.1. The molecule has 0 saturated carbocycles. The number of nitrogens with zero attached hydrogens (tertiary/aromatic N) is 2. The molecule has 0 amide bonds. The molecule has 24 heavy (non-hydrogen) atoms. The van der Waals surface area contributed by atoms with Gasteiger partial charge in [0.15, 0.2) is 12.4 Å². The van der Waals surface area contributed by atoms with Crippen molar-refractivity contribution in [2.75, 3.05) is 0 Å². The van der Waals surface area contributed by atoms with E-state index in [1.54, 1.807) is 30.3 Å². The fourth-order valence-electron chi connectivity index (χ4n) is 2.22. The van der Waals surface area contributed by atoms with Crippen molar-refractivity contribution in [3.8, 4) is 17.2 Å². The number of aromatic nitrogens is 2. The van der Waals surface area contributed by atoms with Crippen LogP contribution in [0, 0.1) is 12.7 Å². The van der Waals surface area contributed by atoms with Gasteiger partial charge in [-0.25, -0.2) is 4.39 Å². The predicted octanol–water partition coefficient (Wildman–Crippen LogP) is 3.97. The van der Waals surface area contributed by atoms with Crippen molar-refractivity contribution in [1.82, 2.24) is 10.2 Å². The Morgan fingerprint density at radius 2 is 2.04 bits per heavy atom. The van der Waals surface area contributed by atoms with Crippen molar-refractivity contribution in [3.05, 3.63) is 65.3 Å². The third kappa shape index (κ3) is 3.48. The fraction of sp³-hybridized carbons (Fsp3) is 0.167. The van der Waals surface area contributed by atoms with Gasteiger partial charge in [0.2, 0.25) is 5.89 Å². The third-order valence-electron chi connectivity index (χ3n) is 3.47. The Bertz CT molecular complexity index is 889. The predicted molar refractivity (Wildman–Crippen MR) is 85.2 cm³/mol. The van der Waals surface area contributed by atoms with Gasteiger partial charge in [0, 0.05) is 11.1 Å². The van der Waals surface area contributed by atoms with Gasteiger partial charge in [-0.05, 0) is 55.8 Å². The smallest absolute Gasteiger partial charge is 0.254 e. The lowest BCUT2D eigenvalue weighted by atomic mass is 10.1. The standard InChI is InChI=1S/C18H15FN2O3/c1-11-8-13(12(2)22)6-7-16(11)23-10-17-20-21-18(24-17)14-4-3-5-15(19)9-14/h3-9H,10H2,1-2H3. The van der Waals surface area contributed by atoms with Crippen LogP contribution in [0.5, 0.6) is 5.75 Å². The van der Waals surface area contributed by atoms with E-state index < -0.39 is 0 Å². The summed E-state index contributed by atoms with van der Waals surface area (Å²) < 4.78 is 24.4. The number of ether oxygens (including phenoxy) is 1. The molecule has 0 radical (unpaired) electrons. The Hall–Kier alpha value is -3.02. The summed E-state index contributed by atoms with van der Waals surface area (Å²) in [6.45, 7) is 3.46. The molecular weight excluding hydrogens is 311 g/mol. The van der Waals surface area contributed by atoms with Crippen LogP contribution in [-0.4, -0.2) is 16.0 Å². The highest BCUT2D eigenvalue weighted by molar-refractivity contribution is 5.94. The molecule has 3 aromatic rings. The second-order valence-electron chi connectivity index (χ2n) is 5.34. The molecule has 0 aliphatic carbocycles. The molecule has 2 aromatic carbocycles. The van der Waals surface area contributed by atoms with Crippen molar-refractivity contribution in [2.45, 2.75) is 20.5 Å². The largest absolute Gasteiger partial charge is 0.484 e. The first-order valence-electron chi connectivity index (χ1n) is 7.35. The molecule has 0 aliphatic rings. The summed E-state index contributed by atoms with van der Waals surface area (Å²) in [5.41, 5.74) is 1.98. The number of halogens is 1. The quantitative estimate of drug-likeness (QED) is 0.664. The molecule has 5 nitrogen and oxygen atoms in total. The number of aryl methyl sites for hydroxylation is 1. The monoisotopic (exact) mass is 326 g/mol. The highest BCUT2D eigenvalue weighted by atomic mass is 19.1. The second kappa shape index (κ2) is 6.62. The number of carbonyl (C=O) groups excluding carboxylic acids is 1. The van der Waals surface area contributed by atoms with Crippen LogP contribution < -0.4 is 4.74 Å². The first-order valence-corrected chi connectivity index (χ1v) is 7.35. The van der Waals surface area contributed by atoms with E-state index in [2.05, 4.69) is 10.2 Å². The number of benzene rings is 2. The van der Waals surface area contributed by atoms with Crippen molar-refractivity contribution < 1.29 is 18.3 Å². The number of hydrogen-bond acceptors (Lipinski definition) is 5. The first-order chi connectivity index (χ1) is 11.5. The maximum Gasteiger partial charge on any atom is 0.254 e. The third-order valence-corrected chi connectivity index (χ3v) is 3.47. The van der Waals surface area contributed by atoms with Crippen LogP contribution in [0.3, 0.4) is 0 Å². The summed E-state index contributed by atoms with van der Waals surface area (Å²) >= 11 is 0. The van der Waals surface area contributed by atoms with Crippen molar-refractivity contribution in [2.24, 2.45) is 0 Å². The molecule has 0 fully saturated rings. The molecule has 0 bridgehead atoms. The Balaban J connectivity index is 1.71. The average molecular weight is 326 g/mol. The second-order valence-corrected chi connectivity index (χ2v) is 5.34. The fourth-order valence-corrected chi connectivity index (χ4v) is 2.22. The van der Waals surface area contributed by atoms with E-state index in [-0.39, 0.29) is 30.0 Å². The van der Waals surface area contributed by atoms with Gasteiger partial charge in [-0.1, -0.05) is 6.07 Å². The van der Waals surface area contributed by atoms with Crippen molar-refractivity contribution in [1.29, 1.82) is 0 Å². The summed E-state index contributed by atoms with van der Waals surface area (Å²) in [6.07, 6.45) is 0. The molecular formula is C18H15FN2O3. The van der Waals surface area contributed by atoms with E-state index in [4.69, 9.17) is 9.15 Å². The Labute approximate surface area is 138 Å². The van der Waals surface area contributed by atoms with Crippen molar-refractivity contribution >= 4 is 5.78 Å². The SMILES string of the molecule is CC(=O)c1ccc(OCc2nnc(-c3cccc(F)c3)o2)c(C)c1. The maximum absolute atomic E-state index is 13.2. The molecule has 0 saturated heterocycles. The van der Waals surface area contributed by atoms with Gasteiger partial charge >= 0.3 is 0 Å². The lowest BCUT2D eigenvalue weighted by Gasteiger charge is -2.08. The van der Waals surface area contributed by atoms with E-state index in [0.29, 0.717) is 16.9 Å². The van der Waals surface area contributed by atoms with Crippen LogP contribution in [0.1, 0.15) is 28.7 Å². The Morgan fingerprint density at radius 1 is 1.21 bits per heavy atom. The average Bonchev–Trinajstić information content (AvgIpc) is 3.02. The van der Waals surface area contributed by atoms with Crippen LogP contribution in [0.15, 0.2) is 46.9 Å². The van der Waals surface area contributed by atoms with E-state index >= 15 is 0 Å². The van der Waals surface area contributed by atoms with Crippen molar-refractivity contribution in [3.63, 3.8) is 0 Å². The molecule has 0 unspecified atom stereocenters. The Morgan fingerprint density at radius 3 is 2.75 bits per heavy atom.